The van der Waals surface area contributed by atoms with Crippen LogP contribution in [0.4, 0.5) is 11.6 Å². The lowest BCUT2D eigenvalue weighted by Crippen LogP contribution is -2.15. The highest BCUT2D eigenvalue weighted by Crippen LogP contribution is 2.25. The van der Waals surface area contributed by atoms with Gasteiger partial charge in [-0.2, -0.15) is 4.98 Å². The highest BCUT2D eigenvalue weighted by Gasteiger charge is 2.05. The number of H-pyrrole nitrogens is 1. The number of anilines is 2. The van der Waals surface area contributed by atoms with E-state index in [0.717, 1.165) is 27.8 Å². The molecule has 2 aromatic heterocycles. The molecule has 1 atom stereocenters. The van der Waals surface area contributed by atoms with Gasteiger partial charge in [-0.05, 0) is 48.9 Å². The van der Waals surface area contributed by atoms with E-state index in [4.69, 9.17) is 4.74 Å². The zero-order valence-electron chi connectivity index (χ0n) is 15.5. The summed E-state index contributed by atoms with van der Waals surface area (Å²) in [4.78, 5) is 11.9. The standard InChI is InChI=1S/C20H19N5O3S/c1-13-10-15-11-17(6-7-18(15)23-13)28-19-8-9-21-20(25-19)24-16-4-2-14(3-5-16)12-22-29(26)27/h2-11,22-23H,12H2,1H3,(H,26,27)(H,21,24,25)/p-1. The maximum atomic E-state index is 10.6. The van der Waals surface area contributed by atoms with E-state index in [9.17, 15) is 8.76 Å². The highest BCUT2D eigenvalue weighted by molar-refractivity contribution is 7.77. The molecule has 2 heterocycles. The number of nitrogens with zero attached hydrogens (tertiary/aromatic N) is 2. The molecule has 3 N–H and O–H groups in total. The van der Waals surface area contributed by atoms with Crippen LogP contribution in [0.1, 0.15) is 11.3 Å². The summed E-state index contributed by atoms with van der Waals surface area (Å²) in [6.07, 6.45) is 1.62. The van der Waals surface area contributed by atoms with Crippen LogP contribution in [0.25, 0.3) is 10.9 Å². The fourth-order valence-corrected chi connectivity index (χ4v) is 3.16. The molecule has 0 saturated carbocycles. The Bertz CT molecular complexity index is 1160. The van der Waals surface area contributed by atoms with Crippen LogP contribution in [-0.4, -0.2) is 23.7 Å². The van der Waals surface area contributed by atoms with Crippen LogP contribution in [0.3, 0.4) is 0 Å². The van der Waals surface area contributed by atoms with Crippen LogP contribution in [0, 0.1) is 6.92 Å². The van der Waals surface area contributed by atoms with E-state index < -0.39 is 11.3 Å². The number of aromatic amines is 1. The lowest BCUT2D eigenvalue weighted by molar-refractivity contribution is 0.463. The van der Waals surface area contributed by atoms with Crippen molar-refractivity contribution >= 4 is 33.8 Å². The van der Waals surface area contributed by atoms with Gasteiger partial charge < -0.3 is 19.6 Å². The fraction of sp³-hybridized carbons (Fsp3) is 0.100. The molecule has 0 aliphatic rings. The number of aryl methyl sites for hydroxylation is 1. The zero-order chi connectivity index (χ0) is 20.2. The van der Waals surface area contributed by atoms with E-state index in [0.29, 0.717) is 17.6 Å². The van der Waals surface area contributed by atoms with Gasteiger partial charge in [0.15, 0.2) is 0 Å². The van der Waals surface area contributed by atoms with E-state index in [1.165, 1.54) is 0 Å². The van der Waals surface area contributed by atoms with Crippen molar-refractivity contribution in [2.75, 3.05) is 5.32 Å². The number of hydrogen-bond acceptors (Lipinski definition) is 6. The van der Waals surface area contributed by atoms with Crippen molar-refractivity contribution in [3.05, 3.63) is 72.1 Å². The SMILES string of the molecule is Cc1cc2cc(Oc3ccnc(Nc4ccc(CNS(=O)[O-])cc4)n3)ccc2[nH]1. The smallest absolute Gasteiger partial charge is 0.230 e. The molecule has 9 heteroatoms. The van der Waals surface area contributed by atoms with E-state index in [2.05, 4.69) is 31.1 Å². The second-order valence-corrected chi connectivity index (χ2v) is 7.16. The predicted molar refractivity (Wildman–Crippen MR) is 111 cm³/mol. The average molecular weight is 408 g/mol. The monoisotopic (exact) mass is 408 g/mol. The topological polar surface area (TPSA) is 115 Å². The Labute approximate surface area is 169 Å². The average Bonchev–Trinajstić information content (AvgIpc) is 3.07. The van der Waals surface area contributed by atoms with Crippen molar-refractivity contribution < 1.29 is 13.5 Å². The van der Waals surface area contributed by atoms with Crippen LogP contribution in [0.15, 0.2) is 60.8 Å². The Morgan fingerprint density at radius 3 is 2.76 bits per heavy atom. The molecule has 0 fully saturated rings. The van der Waals surface area contributed by atoms with Gasteiger partial charge in [-0.3, -0.25) is 4.21 Å². The third-order valence-corrected chi connectivity index (χ3v) is 4.56. The number of rotatable bonds is 7. The number of ether oxygens (including phenoxy) is 1. The third-order valence-electron chi connectivity index (χ3n) is 4.18. The first-order valence-electron chi connectivity index (χ1n) is 8.84. The predicted octanol–water partition coefficient (Wildman–Crippen LogP) is 3.69. The lowest BCUT2D eigenvalue weighted by atomic mass is 10.2. The van der Waals surface area contributed by atoms with Gasteiger partial charge in [-0.1, -0.05) is 12.1 Å². The van der Waals surface area contributed by atoms with Gasteiger partial charge in [0, 0.05) is 52.4 Å². The molecule has 0 aliphatic heterocycles. The Morgan fingerprint density at radius 1 is 1.14 bits per heavy atom. The fourth-order valence-electron chi connectivity index (χ4n) is 2.88. The third kappa shape index (κ3) is 4.96. The Kier molecular flexibility index (Phi) is 5.52. The number of hydrogen-bond donors (Lipinski definition) is 3. The van der Waals surface area contributed by atoms with Gasteiger partial charge >= 0.3 is 0 Å². The molecule has 2 aromatic carbocycles. The highest BCUT2D eigenvalue weighted by atomic mass is 32.2. The van der Waals surface area contributed by atoms with Crippen molar-refractivity contribution in [3.8, 4) is 11.6 Å². The van der Waals surface area contributed by atoms with Crippen molar-refractivity contribution in [1.82, 2.24) is 19.7 Å². The van der Waals surface area contributed by atoms with Gasteiger partial charge in [-0.25, -0.2) is 9.71 Å². The Hall–Kier alpha value is -3.27. The van der Waals surface area contributed by atoms with Crippen molar-refractivity contribution in [1.29, 1.82) is 0 Å². The molecule has 8 nitrogen and oxygen atoms in total. The Morgan fingerprint density at radius 2 is 1.97 bits per heavy atom. The van der Waals surface area contributed by atoms with Crippen LogP contribution in [0.5, 0.6) is 11.6 Å². The summed E-state index contributed by atoms with van der Waals surface area (Å²) in [7, 11) is 0. The molecular formula is C20H18N5O3S-. The molecule has 0 amide bonds. The van der Waals surface area contributed by atoms with Crippen molar-refractivity contribution in [3.63, 3.8) is 0 Å². The molecule has 148 valence electrons. The van der Waals surface area contributed by atoms with Gasteiger partial charge in [0.05, 0.1) is 0 Å². The maximum Gasteiger partial charge on any atom is 0.230 e. The summed E-state index contributed by atoms with van der Waals surface area (Å²) in [5.74, 6) is 1.51. The molecular weight excluding hydrogens is 390 g/mol. The molecule has 0 spiro atoms. The van der Waals surface area contributed by atoms with Crippen LogP contribution in [-0.2, 0) is 17.8 Å². The summed E-state index contributed by atoms with van der Waals surface area (Å²) in [6, 6.07) is 16.8. The molecule has 29 heavy (non-hydrogen) atoms. The Balaban J connectivity index is 1.44. The quantitative estimate of drug-likeness (QED) is 0.402. The molecule has 0 saturated heterocycles. The first-order chi connectivity index (χ1) is 14.0. The van der Waals surface area contributed by atoms with Crippen LogP contribution >= 0.6 is 0 Å². The summed E-state index contributed by atoms with van der Waals surface area (Å²) in [5, 5.41) is 4.18. The number of nitrogens with one attached hydrogen (secondary N) is 3. The van der Waals surface area contributed by atoms with Crippen LogP contribution < -0.4 is 14.8 Å². The minimum absolute atomic E-state index is 0.237. The largest absolute Gasteiger partial charge is 0.760 e. The maximum absolute atomic E-state index is 10.6. The first-order valence-corrected chi connectivity index (χ1v) is 9.92. The van der Waals surface area contributed by atoms with Gasteiger partial charge in [-0.15, -0.1) is 0 Å². The zero-order valence-corrected chi connectivity index (χ0v) is 16.3. The van der Waals surface area contributed by atoms with Gasteiger partial charge in [0.1, 0.15) is 5.75 Å². The lowest BCUT2D eigenvalue weighted by Gasteiger charge is -2.09. The summed E-state index contributed by atoms with van der Waals surface area (Å²) in [5.41, 5.74) is 3.76. The molecule has 0 bridgehead atoms. The minimum Gasteiger partial charge on any atom is -0.760 e. The van der Waals surface area contributed by atoms with E-state index in [-0.39, 0.29) is 6.54 Å². The second kappa shape index (κ2) is 8.39. The molecule has 4 rings (SSSR count). The van der Waals surface area contributed by atoms with Gasteiger partial charge in [0.25, 0.3) is 0 Å². The molecule has 0 aliphatic carbocycles. The molecule has 0 radical (unpaired) electrons. The van der Waals surface area contributed by atoms with Crippen LogP contribution in [0.2, 0.25) is 0 Å². The first kappa shape index (κ1) is 19.1. The molecule has 1 unspecified atom stereocenters. The summed E-state index contributed by atoms with van der Waals surface area (Å²) in [6.45, 7) is 2.25. The van der Waals surface area contributed by atoms with Crippen molar-refractivity contribution in [2.45, 2.75) is 13.5 Å². The van der Waals surface area contributed by atoms with E-state index in [1.807, 2.05) is 49.4 Å². The van der Waals surface area contributed by atoms with E-state index >= 15 is 0 Å². The van der Waals surface area contributed by atoms with Gasteiger partial charge in [0.2, 0.25) is 11.8 Å². The number of benzene rings is 2. The van der Waals surface area contributed by atoms with E-state index in [1.54, 1.807) is 12.3 Å². The number of fused-ring (bicyclic) bond motifs is 1. The summed E-state index contributed by atoms with van der Waals surface area (Å²) < 4.78 is 29.3. The van der Waals surface area contributed by atoms with Crippen molar-refractivity contribution in [2.24, 2.45) is 0 Å². The number of aromatic nitrogens is 3. The molecule has 4 aromatic rings. The summed E-state index contributed by atoms with van der Waals surface area (Å²) >= 11 is -2.28. The minimum atomic E-state index is -2.28. The normalized spacial score (nSPS) is 12.1. The second-order valence-electron chi connectivity index (χ2n) is 6.40.